The number of nitrogens with zero attached hydrogens (tertiary/aromatic N) is 4. The summed E-state index contributed by atoms with van der Waals surface area (Å²) in [5, 5.41) is 12.0. The van der Waals surface area contributed by atoms with Crippen LogP contribution in [0.3, 0.4) is 0 Å². The number of hydrogen-bond donors (Lipinski definition) is 1. The summed E-state index contributed by atoms with van der Waals surface area (Å²) >= 11 is 1.68. The third-order valence-electron chi connectivity index (χ3n) is 6.71. The molecule has 6 rings (SSSR count). The van der Waals surface area contributed by atoms with Crippen LogP contribution in [-0.2, 0) is 13.2 Å². The van der Waals surface area contributed by atoms with Gasteiger partial charge in [0.2, 0.25) is 0 Å². The first-order chi connectivity index (χ1) is 17.2. The van der Waals surface area contributed by atoms with Crippen molar-refractivity contribution in [1.82, 2.24) is 14.5 Å². The van der Waals surface area contributed by atoms with Crippen molar-refractivity contribution in [3.63, 3.8) is 0 Å². The second kappa shape index (κ2) is 9.28. The highest BCUT2D eigenvalue weighted by Gasteiger charge is 2.32. The zero-order valence-electron chi connectivity index (χ0n) is 19.3. The van der Waals surface area contributed by atoms with Crippen LogP contribution in [0.1, 0.15) is 35.2 Å². The van der Waals surface area contributed by atoms with E-state index in [-0.39, 0.29) is 18.6 Å². The van der Waals surface area contributed by atoms with Crippen LogP contribution < -0.4 is 4.74 Å². The Morgan fingerprint density at radius 1 is 1.17 bits per heavy atom. The third-order valence-corrected chi connectivity index (χ3v) is 7.57. The lowest BCUT2D eigenvalue weighted by molar-refractivity contribution is 0.0774. The summed E-state index contributed by atoms with van der Waals surface area (Å²) in [7, 11) is 0. The van der Waals surface area contributed by atoms with Gasteiger partial charge >= 0.3 is 0 Å². The van der Waals surface area contributed by atoms with Gasteiger partial charge in [0.1, 0.15) is 5.75 Å². The predicted molar refractivity (Wildman–Crippen MR) is 138 cm³/mol. The fourth-order valence-electron chi connectivity index (χ4n) is 4.97. The van der Waals surface area contributed by atoms with Crippen molar-refractivity contribution >= 4 is 40.2 Å². The molecular formula is C27H26N4O3S. The van der Waals surface area contributed by atoms with Crippen molar-refractivity contribution in [1.29, 1.82) is 0 Å². The molecule has 0 saturated carbocycles. The fourth-order valence-corrected chi connectivity index (χ4v) is 5.69. The molecule has 0 unspecified atom stereocenters. The smallest absolute Gasteiger partial charge is 0.256 e. The number of benzene rings is 2. The molecule has 2 aromatic heterocycles. The van der Waals surface area contributed by atoms with Gasteiger partial charge < -0.3 is 19.3 Å². The van der Waals surface area contributed by atoms with Gasteiger partial charge in [-0.25, -0.2) is 4.98 Å². The van der Waals surface area contributed by atoms with Crippen LogP contribution in [0.5, 0.6) is 5.75 Å². The van der Waals surface area contributed by atoms with Crippen LogP contribution in [0.25, 0.3) is 21.7 Å². The Morgan fingerprint density at radius 3 is 2.94 bits per heavy atom. The minimum Gasteiger partial charge on any atom is -0.493 e. The van der Waals surface area contributed by atoms with Gasteiger partial charge in [0.15, 0.2) is 5.82 Å². The van der Waals surface area contributed by atoms with E-state index in [0.29, 0.717) is 29.2 Å². The molecule has 0 aliphatic carbocycles. The number of aliphatic hydroxyl groups is 1. The van der Waals surface area contributed by atoms with E-state index in [4.69, 9.17) is 9.72 Å². The van der Waals surface area contributed by atoms with Crippen LogP contribution in [0.2, 0.25) is 0 Å². The fraction of sp³-hybridized carbons (Fsp3) is 0.296. The largest absolute Gasteiger partial charge is 0.493 e. The topological polar surface area (TPSA) is 79.9 Å². The molecule has 2 aliphatic heterocycles. The number of aliphatic hydroxyl groups excluding tert-OH is 1. The number of aromatic nitrogens is 2. The van der Waals surface area contributed by atoms with E-state index < -0.39 is 0 Å². The average Bonchev–Trinajstić information content (AvgIpc) is 3.63. The zero-order valence-corrected chi connectivity index (χ0v) is 20.1. The Labute approximate surface area is 207 Å². The summed E-state index contributed by atoms with van der Waals surface area (Å²) in [6.07, 6.45) is 4.57. The Hall–Kier alpha value is -3.49. The lowest BCUT2D eigenvalue weighted by Gasteiger charge is -2.20. The third kappa shape index (κ3) is 4.02. The normalized spacial score (nSPS) is 17.0. The summed E-state index contributed by atoms with van der Waals surface area (Å²) in [6.45, 7) is 1.77. The molecule has 1 atom stereocenters. The number of aryl methyl sites for hydroxylation is 1. The summed E-state index contributed by atoms with van der Waals surface area (Å²) < 4.78 is 8.36. The number of carbonyl (C=O) groups is 1. The molecule has 1 saturated heterocycles. The minimum atomic E-state index is -0.197. The van der Waals surface area contributed by atoms with Crippen LogP contribution in [0.4, 0.5) is 5.69 Å². The molecule has 2 aromatic carbocycles. The number of aliphatic imine (C=N–C) groups is 1. The Bertz CT molecular complexity index is 1410. The maximum absolute atomic E-state index is 13.0. The summed E-state index contributed by atoms with van der Waals surface area (Å²) in [6, 6.07) is 15.9. The van der Waals surface area contributed by atoms with Crippen molar-refractivity contribution in [3.8, 4) is 16.5 Å². The molecule has 2 aliphatic rings. The molecule has 4 heterocycles. The van der Waals surface area contributed by atoms with E-state index >= 15 is 0 Å². The molecule has 1 N–H and O–H groups in total. The highest BCUT2D eigenvalue weighted by molar-refractivity contribution is 7.13. The lowest BCUT2D eigenvalue weighted by atomic mass is 10.1. The predicted octanol–water partition coefficient (Wildman–Crippen LogP) is 5.05. The molecule has 35 heavy (non-hydrogen) atoms. The first-order valence-corrected chi connectivity index (χ1v) is 12.9. The lowest BCUT2D eigenvalue weighted by Crippen LogP contribution is -2.35. The quantitative estimate of drug-likeness (QED) is 0.371. The number of para-hydroxylation sites is 2. The van der Waals surface area contributed by atoms with E-state index in [1.54, 1.807) is 23.5 Å². The van der Waals surface area contributed by atoms with Crippen molar-refractivity contribution in [2.75, 3.05) is 13.2 Å². The highest BCUT2D eigenvalue weighted by atomic mass is 32.1. The van der Waals surface area contributed by atoms with Crippen molar-refractivity contribution in [3.05, 3.63) is 65.0 Å². The molecular weight excluding hydrogens is 460 g/mol. The number of rotatable bonds is 7. The maximum Gasteiger partial charge on any atom is 0.256 e. The first-order valence-electron chi connectivity index (χ1n) is 12.0. The van der Waals surface area contributed by atoms with Gasteiger partial charge in [-0.05, 0) is 48.9 Å². The molecule has 0 radical (unpaired) electrons. The van der Waals surface area contributed by atoms with Gasteiger partial charge in [0.05, 0.1) is 46.4 Å². The van der Waals surface area contributed by atoms with E-state index in [1.807, 2.05) is 35.4 Å². The molecule has 0 bridgehead atoms. The van der Waals surface area contributed by atoms with E-state index in [0.717, 1.165) is 54.1 Å². The number of carbonyl (C=O) groups excluding carboxylic acids is 1. The van der Waals surface area contributed by atoms with Gasteiger partial charge in [-0.1, -0.05) is 18.2 Å². The monoisotopic (exact) mass is 486 g/mol. The Morgan fingerprint density at radius 2 is 2.09 bits per heavy atom. The van der Waals surface area contributed by atoms with Crippen molar-refractivity contribution < 1.29 is 14.6 Å². The number of ether oxygens (including phenoxy) is 1. The van der Waals surface area contributed by atoms with Crippen LogP contribution in [0, 0.1) is 0 Å². The van der Waals surface area contributed by atoms with Gasteiger partial charge in [-0.15, -0.1) is 11.3 Å². The van der Waals surface area contributed by atoms with E-state index in [2.05, 4.69) is 27.1 Å². The second-order valence-electron chi connectivity index (χ2n) is 8.88. The first kappa shape index (κ1) is 22.0. The van der Waals surface area contributed by atoms with Gasteiger partial charge in [0, 0.05) is 30.9 Å². The molecule has 0 spiro atoms. The highest BCUT2D eigenvalue weighted by Crippen LogP contribution is 2.34. The van der Waals surface area contributed by atoms with E-state index in [9.17, 15) is 9.90 Å². The standard InChI is InChI=1S/C27H26N4O3S/c32-17-18-14-20-22(28-16-19-6-3-10-30(19)27(20)33)15-24(18)34-12-5-11-31-23-8-2-1-7-21(23)29-26(31)25-9-4-13-35-25/h1-2,4,7-9,13-16,19,32H,3,5-6,10-12,17H2/t19-/m0/s1. The maximum atomic E-state index is 13.0. The van der Waals surface area contributed by atoms with Crippen LogP contribution in [-0.4, -0.2) is 50.9 Å². The SMILES string of the molecule is O=C1c2cc(CO)c(OCCCn3c(-c4cccs4)nc4ccccc43)cc2N=C[C@@H]2CCCN12. The van der Waals surface area contributed by atoms with Crippen LogP contribution in [0.15, 0.2) is 58.9 Å². The number of hydrogen-bond acceptors (Lipinski definition) is 6. The number of amides is 1. The van der Waals surface area contributed by atoms with Gasteiger partial charge in [-0.3, -0.25) is 9.79 Å². The zero-order chi connectivity index (χ0) is 23.8. The molecule has 8 heteroatoms. The molecule has 178 valence electrons. The van der Waals surface area contributed by atoms with Crippen LogP contribution >= 0.6 is 11.3 Å². The summed E-state index contributed by atoms with van der Waals surface area (Å²) in [5.41, 5.74) is 3.83. The Balaban J connectivity index is 1.21. The number of fused-ring (bicyclic) bond motifs is 3. The molecule has 1 fully saturated rings. The molecule has 7 nitrogen and oxygen atoms in total. The van der Waals surface area contributed by atoms with Gasteiger partial charge in [0.25, 0.3) is 5.91 Å². The number of imidazole rings is 1. The summed E-state index contributed by atoms with van der Waals surface area (Å²) in [5.74, 6) is 1.53. The van der Waals surface area contributed by atoms with Crippen molar-refractivity contribution in [2.24, 2.45) is 4.99 Å². The average molecular weight is 487 g/mol. The van der Waals surface area contributed by atoms with Gasteiger partial charge in [-0.2, -0.15) is 0 Å². The van der Waals surface area contributed by atoms with Crippen molar-refractivity contribution in [2.45, 2.75) is 38.5 Å². The Kier molecular flexibility index (Phi) is 5.83. The van der Waals surface area contributed by atoms with E-state index in [1.165, 1.54) is 0 Å². The summed E-state index contributed by atoms with van der Waals surface area (Å²) in [4.78, 5) is 25.5. The minimum absolute atomic E-state index is 0.0191. The second-order valence-corrected chi connectivity index (χ2v) is 9.82. The number of thiophene rings is 1. The molecule has 4 aromatic rings. The molecule has 1 amide bonds.